The van der Waals surface area contributed by atoms with Crippen LogP contribution < -0.4 is 4.90 Å². The third kappa shape index (κ3) is 4.75. The molecule has 0 N–H and O–H groups in total. The fourth-order valence-corrected chi connectivity index (χ4v) is 5.04. The molecule has 4 rings (SSSR count). The van der Waals surface area contributed by atoms with Gasteiger partial charge in [-0.05, 0) is 39.7 Å². The van der Waals surface area contributed by atoms with Crippen LogP contribution in [0.5, 0.6) is 0 Å². The highest BCUT2D eigenvalue weighted by molar-refractivity contribution is 6.03. The summed E-state index contributed by atoms with van der Waals surface area (Å²) in [5.41, 5.74) is 1.34. The summed E-state index contributed by atoms with van der Waals surface area (Å²) in [7, 11) is 1.68. The van der Waals surface area contributed by atoms with Gasteiger partial charge in [-0.1, -0.05) is 0 Å². The fraction of sp³-hybridized carbons (Fsp3) is 0.652. The van der Waals surface area contributed by atoms with Crippen LogP contribution >= 0.6 is 0 Å². The summed E-state index contributed by atoms with van der Waals surface area (Å²) in [6, 6.07) is 3.70. The standard InChI is InChI=1S/C23H33N5O5/c1-23(2,3)33-22(30)27-13-11-25(12-14-27)16-7-9-26(10-8-16)18-5-6-19(28(31)32)20-17(18)15-24(4)21(20)29/h5-6,16H,7-15H2,1-4H3. The van der Waals surface area contributed by atoms with Gasteiger partial charge in [-0.3, -0.25) is 19.8 Å². The zero-order valence-electron chi connectivity index (χ0n) is 19.9. The average molecular weight is 460 g/mol. The van der Waals surface area contributed by atoms with Gasteiger partial charge in [0.25, 0.3) is 11.6 Å². The number of ether oxygens (including phenoxy) is 1. The molecule has 180 valence electrons. The zero-order chi connectivity index (χ0) is 23.9. The van der Waals surface area contributed by atoms with Crippen molar-refractivity contribution in [2.24, 2.45) is 0 Å². The summed E-state index contributed by atoms with van der Waals surface area (Å²) in [6.07, 6.45) is 1.70. The van der Waals surface area contributed by atoms with Crippen LogP contribution in [-0.2, 0) is 11.3 Å². The number of piperidine rings is 1. The van der Waals surface area contributed by atoms with Gasteiger partial charge in [0.15, 0.2) is 0 Å². The molecule has 3 heterocycles. The molecular formula is C23H33N5O5. The highest BCUT2D eigenvalue weighted by Gasteiger charge is 2.37. The molecule has 2 fully saturated rings. The maximum atomic E-state index is 12.5. The van der Waals surface area contributed by atoms with Gasteiger partial charge in [0, 0.05) is 76.2 Å². The van der Waals surface area contributed by atoms with Crippen molar-refractivity contribution in [2.45, 2.75) is 51.8 Å². The third-order valence-electron chi connectivity index (χ3n) is 6.71. The van der Waals surface area contributed by atoms with Gasteiger partial charge in [-0.15, -0.1) is 0 Å². The van der Waals surface area contributed by atoms with E-state index in [2.05, 4.69) is 9.80 Å². The number of nitro groups is 1. The lowest BCUT2D eigenvalue weighted by molar-refractivity contribution is -0.385. The van der Waals surface area contributed by atoms with E-state index >= 15 is 0 Å². The molecule has 3 aliphatic heterocycles. The summed E-state index contributed by atoms with van der Waals surface area (Å²) in [5.74, 6) is -0.281. The van der Waals surface area contributed by atoms with Crippen molar-refractivity contribution < 1.29 is 19.2 Å². The predicted molar refractivity (Wildman–Crippen MR) is 124 cm³/mol. The van der Waals surface area contributed by atoms with Gasteiger partial charge in [-0.25, -0.2) is 4.79 Å². The zero-order valence-corrected chi connectivity index (χ0v) is 19.9. The lowest BCUT2D eigenvalue weighted by Crippen LogP contribution is -2.55. The molecular weight excluding hydrogens is 426 g/mol. The molecule has 0 unspecified atom stereocenters. The Morgan fingerprint density at radius 1 is 1.09 bits per heavy atom. The summed E-state index contributed by atoms with van der Waals surface area (Å²) >= 11 is 0. The predicted octanol–water partition coefficient (Wildman–Crippen LogP) is 2.70. The highest BCUT2D eigenvalue weighted by atomic mass is 16.6. The number of amides is 2. The first-order valence-corrected chi connectivity index (χ1v) is 11.6. The number of carbonyl (C=O) groups excluding carboxylic acids is 2. The first-order valence-electron chi connectivity index (χ1n) is 11.6. The third-order valence-corrected chi connectivity index (χ3v) is 6.71. The molecule has 1 aromatic carbocycles. The lowest BCUT2D eigenvalue weighted by atomic mass is 9.99. The minimum absolute atomic E-state index is 0.110. The van der Waals surface area contributed by atoms with Crippen molar-refractivity contribution in [1.82, 2.24) is 14.7 Å². The number of nitrogens with zero attached hydrogens (tertiary/aromatic N) is 5. The van der Waals surface area contributed by atoms with Gasteiger partial charge in [0.05, 0.1) is 4.92 Å². The molecule has 2 saturated heterocycles. The van der Waals surface area contributed by atoms with Gasteiger partial charge < -0.3 is 19.4 Å². The number of carbonyl (C=O) groups is 2. The Morgan fingerprint density at radius 3 is 2.30 bits per heavy atom. The summed E-state index contributed by atoms with van der Waals surface area (Å²) in [5, 5.41) is 11.4. The van der Waals surface area contributed by atoms with E-state index in [9.17, 15) is 19.7 Å². The molecule has 2 amide bonds. The molecule has 0 bridgehead atoms. The molecule has 10 nitrogen and oxygen atoms in total. The number of fused-ring (bicyclic) bond motifs is 1. The summed E-state index contributed by atoms with van der Waals surface area (Å²) in [4.78, 5) is 43.8. The van der Waals surface area contributed by atoms with Crippen molar-refractivity contribution in [3.63, 3.8) is 0 Å². The largest absolute Gasteiger partial charge is 0.444 e. The first kappa shape index (κ1) is 23.3. The van der Waals surface area contributed by atoms with Gasteiger partial charge in [0.2, 0.25) is 0 Å². The second-order valence-corrected chi connectivity index (χ2v) is 10.1. The quantitative estimate of drug-likeness (QED) is 0.506. The number of rotatable bonds is 3. The highest BCUT2D eigenvalue weighted by Crippen LogP contribution is 2.38. The van der Waals surface area contributed by atoms with E-state index in [0.717, 1.165) is 50.3 Å². The van der Waals surface area contributed by atoms with Crippen LogP contribution in [0, 0.1) is 10.1 Å². The smallest absolute Gasteiger partial charge is 0.410 e. The first-order chi connectivity index (χ1) is 15.5. The SMILES string of the molecule is CN1Cc2c(N3CCC(N4CCN(C(=O)OC(C)(C)C)CC4)CC3)ccc([N+](=O)[O-])c2C1=O. The maximum Gasteiger partial charge on any atom is 0.410 e. The molecule has 0 aromatic heterocycles. The van der Waals surface area contributed by atoms with Crippen LogP contribution in [0.4, 0.5) is 16.2 Å². The van der Waals surface area contributed by atoms with Crippen molar-refractivity contribution in [1.29, 1.82) is 0 Å². The van der Waals surface area contributed by atoms with E-state index in [-0.39, 0.29) is 23.3 Å². The number of nitro benzene ring substituents is 1. The van der Waals surface area contributed by atoms with Crippen LogP contribution in [0.3, 0.4) is 0 Å². The molecule has 0 radical (unpaired) electrons. The molecule has 0 saturated carbocycles. The summed E-state index contributed by atoms with van der Waals surface area (Å²) < 4.78 is 5.49. The number of piperazine rings is 1. The number of hydrogen-bond donors (Lipinski definition) is 0. The second kappa shape index (κ2) is 8.81. The van der Waals surface area contributed by atoms with Crippen molar-refractivity contribution in [3.8, 4) is 0 Å². The average Bonchev–Trinajstić information content (AvgIpc) is 3.06. The van der Waals surface area contributed by atoms with Crippen molar-refractivity contribution >= 4 is 23.4 Å². The minimum atomic E-state index is -0.488. The maximum absolute atomic E-state index is 12.5. The topological polar surface area (TPSA) is 99.5 Å². The molecule has 0 aliphatic carbocycles. The van der Waals surface area contributed by atoms with Crippen LogP contribution in [-0.4, -0.2) is 89.6 Å². The monoisotopic (exact) mass is 459 g/mol. The molecule has 3 aliphatic rings. The van der Waals surface area contributed by atoms with Gasteiger partial charge in [-0.2, -0.15) is 0 Å². The van der Waals surface area contributed by atoms with Crippen LogP contribution in [0.2, 0.25) is 0 Å². The van der Waals surface area contributed by atoms with E-state index in [1.54, 1.807) is 18.0 Å². The lowest BCUT2D eigenvalue weighted by Gasteiger charge is -2.43. The van der Waals surface area contributed by atoms with Crippen LogP contribution in [0.15, 0.2) is 12.1 Å². The normalized spacial score (nSPS) is 20.2. The number of anilines is 1. The Bertz CT molecular complexity index is 943. The van der Waals surface area contributed by atoms with E-state index in [0.29, 0.717) is 25.7 Å². The van der Waals surface area contributed by atoms with E-state index in [1.165, 1.54) is 11.0 Å². The Hall–Kier alpha value is -2.88. The van der Waals surface area contributed by atoms with Gasteiger partial charge >= 0.3 is 6.09 Å². The molecule has 1 aromatic rings. The van der Waals surface area contributed by atoms with E-state index in [4.69, 9.17) is 4.74 Å². The molecule has 33 heavy (non-hydrogen) atoms. The summed E-state index contributed by atoms with van der Waals surface area (Å²) in [6.45, 7) is 10.7. The van der Waals surface area contributed by atoms with Crippen molar-refractivity contribution in [2.75, 3.05) is 51.2 Å². The molecule has 10 heteroatoms. The number of hydrogen-bond acceptors (Lipinski definition) is 7. The molecule has 0 atom stereocenters. The Kier molecular flexibility index (Phi) is 6.22. The fourth-order valence-electron chi connectivity index (χ4n) is 5.04. The Balaban J connectivity index is 1.37. The number of benzene rings is 1. The van der Waals surface area contributed by atoms with Crippen molar-refractivity contribution in [3.05, 3.63) is 33.4 Å². The van der Waals surface area contributed by atoms with E-state index < -0.39 is 10.5 Å². The Morgan fingerprint density at radius 2 is 1.73 bits per heavy atom. The second-order valence-electron chi connectivity index (χ2n) is 10.1. The van der Waals surface area contributed by atoms with Crippen LogP contribution in [0.1, 0.15) is 49.5 Å². The van der Waals surface area contributed by atoms with Gasteiger partial charge in [0.1, 0.15) is 11.2 Å². The van der Waals surface area contributed by atoms with E-state index in [1.807, 2.05) is 20.8 Å². The van der Waals surface area contributed by atoms with Crippen LogP contribution in [0.25, 0.3) is 0 Å². The minimum Gasteiger partial charge on any atom is -0.444 e. The molecule has 0 spiro atoms. The Labute approximate surface area is 194 Å².